The van der Waals surface area contributed by atoms with E-state index in [9.17, 15) is 13.6 Å². The molecule has 0 fully saturated rings. The zero-order valence-electron chi connectivity index (χ0n) is 13.8. The Kier molecular flexibility index (Phi) is 6.01. The van der Waals surface area contributed by atoms with Gasteiger partial charge in [0.2, 0.25) is 0 Å². The molecule has 3 aromatic rings. The fourth-order valence-electron chi connectivity index (χ4n) is 2.42. The molecule has 1 heterocycles. The summed E-state index contributed by atoms with van der Waals surface area (Å²) in [4.78, 5) is 12.5. The molecule has 1 amide bonds. The van der Waals surface area contributed by atoms with Crippen molar-refractivity contribution in [1.29, 1.82) is 0 Å². The van der Waals surface area contributed by atoms with Crippen LogP contribution in [0.5, 0.6) is 0 Å². The highest BCUT2D eigenvalue weighted by Gasteiger charge is 2.08. The van der Waals surface area contributed by atoms with Crippen LogP contribution < -0.4 is 5.32 Å². The number of rotatable bonds is 7. The number of alkyl halides is 2. The molecule has 1 aromatic heterocycles. The highest BCUT2D eigenvalue weighted by atomic mass is 32.2. The molecule has 26 heavy (non-hydrogen) atoms. The number of hydrogen-bond acceptors (Lipinski definition) is 3. The van der Waals surface area contributed by atoms with E-state index in [1.54, 1.807) is 23.0 Å². The van der Waals surface area contributed by atoms with Crippen LogP contribution in [0.2, 0.25) is 0 Å². The van der Waals surface area contributed by atoms with Crippen LogP contribution in [0.3, 0.4) is 0 Å². The van der Waals surface area contributed by atoms with Gasteiger partial charge in [0, 0.05) is 23.2 Å². The van der Waals surface area contributed by atoms with Crippen molar-refractivity contribution in [3.63, 3.8) is 0 Å². The highest BCUT2D eigenvalue weighted by molar-refractivity contribution is 7.99. The van der Waals surface area contributed by atoms with Gasteiger partial charge in [0.1, 0.15) is 0 Å². The van der Waals surface area contributed by atoms with E-state index in [0.29, 0.717) is 35.2 Å². The van der Waals surface area contributed by atoms with Crippen LogP contribution in [0.4, 0.5) is 8.78 Å². The molecule has 0 saturated heterocycles. The van der Waals surface area contributed by atoms with Gasteiger partial charge < -0.3 is 5.32 Å². The summed E-state index contributed by atoms with van der Waals surface area (Å²) in [6, 6.07) is 15.9. The third kappa shape index (κ3) is 4.92. The maximum Gasteiger partial charge on any atom is 0.288 e. The van der Waals surface area contributed by atoms with Crippen molar-refractivity contribution in [2.45, 2.75) is 17.1 Å². The Labute approximate surface area is 154 Å². The summed E-state index contributed by atoms with van der Waals surface area (Å²) >= 11 is 0.460. The molecule has 0 aliphatic rings. The summed E-state index contributed by atoms with van der Waals surface area (Å²) in [6.45, 7) is 0.465. The van der Waals surface area contributed by atoms with Gasteiger partial charge in [-0.3, -0.25) is 4.79 Å². The van der Waals surface area contributed by atoms with E-state index >= 15 is 0 Å². The normalized spacial score (nSPS) is 10.9. The molecule has 3 rings (SSSR count). The van der Waals surface area contributed by atoms with Gasteiger partial charge in [-0.15, -0.1) is 0 Å². The van der Waals surface area contributed by atoms with Gasteiger partial charge in [-0.05, 0) is 48.4 Å². The Morgan fingerprint density at radius 1 is 1.12 bits per heavy atom. The minimum atomic E-state index is -2.47. The molecule has 0 unspecified atom stereocenters. The molecule has 0 saturated carbocycles. The van der Waals surface area contributed by atoms with Gasteiger partial charge in [0.05, 0.1) is 11.9 Å². The van der Waals surface area contributed by atoms with E-state index < -0.39 is 5.76 Å². The van der Waals surface area contributed by atoms with Crippen LogP contribution in [-0.2, 0) is 6.42 Å². The molecule has 0 atom stereocenters. The van der Waals surface area contributed by atoms with Crippen molar-refractivity contribution in [3.8, 4) is 5.69 Å². The summed E-state index contributed by atoms with van der Waals surface area (Å²) in [5, 5.41) is 7.14. The van der Waals surface area contributed by atoms with E-state index in [2.05, 4.69) is 10.4 Å². The number of nitrogens with zero attached hydrogens (tertiary/aromatic N) is 2. The summed E-state index contributed by atoms with van der Waals surface area (Å²) in [5.74, 6) is -2.69. The van der Waals surface area contributed by atoms with Crippen molar-refractivity contribution in [1.82, 2.24) is 15.1 Å². The minimum Gasteiger partial charge on any atom is -0.352 e. The summed E-state index contributed by atoms with van der Waals surface area (Å²) in [5.41, 5.74) is 2.44. The molecular formula is C19H17F2N3OS. The molecule has 2 aromatic carbocycles. The van der Waals surface area contributed by atoms with E-state index in [1.807, 2.05) is 36.5 Å². The van der Waals surface area contributed by atoms with Gasteiger partial charge in [-0.2, -0.15) is 13.9 Å². The predicted molar refractivity (Wildman–Crippen MR) is 97.9 cm³/mol. The first-order valence-electron chi connectivity index (χ1n) is 8.04. The van der Waals surface area contributed by atoms with Gasteiger partial charge in [0.15, 0.2) is 0 Å². The molecule has 0 radical (unpaired) electrons. The van der Waals surface area contributed by atoms with Crippen LogP contribution in [0.15, 0.2) is 71.9 Å². The smallest absolute Gasteiger partial charge is 0.288 e. The molecule has 0 aliphatic heterocycles. The Morgan fingerprint density at radius 3 is 2.54 bits per heavy atom. The van der Waals surface area contributed by atoms with Gasteiger partial charge >= 0.3 is 0 Å². The topological polar surface area (TPSA) is 46.9 Å². The fourth-order valence-corrected chi connectivity index (χ4v) is 2.92. The number of amides is 1. The fraction of sp³-hybridized carbons (Fsp3) is 0.158. The van der Waals surface area contributed by atoms with Gasteiger partial charge in [0.25, 0.3) is 11.7 Å². The monoisotopic (exact) mass is 373 g/mol. The standard InChI is InChI=1S/C19H17F2N3OS/c20-19(21)26-17-8-6-15(7-9-17)18(25)22-11-10-14-12-23-24(13-14)16-4-2-1-3-5-16/h1-9,12-13,19H,10-11H2,(H,22,25). The van der Waals surface area contributed by atoms with E-state index in [1.165, 1.54) is 12.1 Å². The second-order valence-electron chi connectivity index (χ2n) is 5.54. The van der Waals surface area contributed by atoms with Crippen LogP contribution in [-0.4, -0.2) is 28.0 Å². The second kappa shape index (κ2) is 8.62. The second-order valence-corrected chi connectivity index (χ2v) is 6.60. The molecule has 134 valence electrons. The zero-order valence-corrected chi connectivity index (χ0v) is 14.6. The van der Waals surface area contributed by atoms with Gasteiger partial charge in [-0.1, -0.05) is 30.0 Å². The van der Waals surface area contributed by atoms with E-state index in [4.69, 9.17) is 0 Å². The molecule has 0 aliphatic carbocycles. The first kappa shape index (κ1) is 18.1. The quantitative estimate of drug-likeness (QED) is 0.633. The van der Waals surface area contributed by atoms with E-state index in [0.717, 1.165) is 11.3 Å². The third-order valence-electron chi connectivity index (χ3n) is 3.70. The third-order valence-corrected chi connectivity index (χ3v) is 4.42. The number of benzene rings is 2. The lowest BCUT2D eigenvalue weighted by molar-refractivity contribution is 0.0954. The highest BCUT2D eigenvalue weighted by Crippen LogP contribution is 2.25. The molecule has 7 heteroatoms. The number of thioether (sulfide) groups is 1. The van der Waals surface area contributed by atoms with Crippen LogP contribution in [0.25, 0.3) is 5.69 Å². The summed E-state index contributed by atoms with van der Waals surface area (Å²) in [6.07, 6.45) is 4.35. The van der Waals surface area contributed by atoms with Crippen LogP contribution in [0.1, 0.15) is 15.9 Å². The average Bonchev–Trinajstić information content (AvgIpc) is 3.11. The van der Waals surface area contributed by atoms with Crippen molar-refractivity contribution >= 4 is 17.7 Å². The number of carbonyl (C=O) groups is 1. The maximum absolute atomic E-state index is 12.3. The molecule has 0 spiro atoms. The summed E-state index contributed by atoms with van der Waals surface area (Å²) < 4.78 is 26.4. The largest absolute Gasteiger partial charge is 0.352 e. The van der Waals surface area contributed by atoms with Crippen molar-refractivity contribution in [3.05, 3.63) is 78.1 Å². The lowest BCUT2D eigenvalue weighted by Crippen LogP contribution is -2.25. The minimum absolute atomic E-state index is 0.228. The Morgan fingerprint density at radius 2 is 1.85 bits per heavy atom. The predicted octanol–water partition coefficient (Wildman–Crippen LogP) is 4.16. The number of nitrogens with one attached hydrogen (secondary N) is 1. The SMILES string of the molecule is O=C(NCCc1cnn(-c2ccccc2)c1)c1ccc(SC(F)F)cc1. The van der Waals surface area contributed by atoms with Crippen molar-refractivity contribution in [2.75, 3.05) is 6.54 Å². The molecular weight excluding hydrogens is 356 g/mol. The Bertz CT molecular complexity index is 851. The van der Waals surface area contributed by atoms with Crippen LogP contribution in [0, 0.1) is 0 Å². The van der Waals surface area contributed by atoms with E-state index in [-0.39, 0.29) is 5.91 Å². The zero-order chi connectivity index (χ0) is 18.4. The molecule has 0 bridgehead atoms. The first-order chi connectivity index (χ1) is 12.6. The number of para-hydroxylation sites is 1. The lowest BCUT2D eigenvalue weighted by Gasteiger charge is -2.05. The Hall–Kier alpha value is -2.67. The first-order valence-corrected chi connectivity index (χ1v) is 8.92. The van der Waals surface area contributed by atoms with Crippen molar-refractivity contribution < 1.29 is 13.6 Å². The number of hydrogen-bond donors (Lipinski definition) is 1. The lowest BCUT2D eigenvalue weighted by atomic mass is 10.2. The number of carbonyl (C=O) groups excluding carboxylic acids is 1. The number of halogens is 2. The van der Waals surface area contributed by atoms with Crippen molar-refractivity contribution in [2.24, 2.45) is 0 Å². The summed E-state index contributed by atoms with van der Waals surface area (Å²) in [7, 11) is 0. The maximum atomic E-state index is 12.3. The Balaban J connectivity index is 1.50. The van der Waals surface area contributed by atoms with Crippen LogP contribution >= 0.6 is 11.8 Å². The molecule has 1 N–H and O–H groups in total. The average molecular weight is 373 g/mol. The number of aromatic nitrogens is 2. The van der Waals surface area contributed by atoms with Gasteiger partial charge in [-0.25, -0.2) is 4.68 Å². The molecule has 4 nitrogen and oxygen atoms in total.